The predicted molar refractivity (Wildman–Crippen MR) is 73.3 cm³/mol. The van der Waals surface area contributed by atoms with E-state index in [-0.39, 0.29) is 0 Å². The van der Waals surface area contributed by atoms with Crippen molar-refractivity contribution < 1.29 is 0 Å². The third-order valence-electron chi connectivity index (χ3n) is 3.28. The van der Waals surface area contributed by atoms with Crippen molar-refractivity contribution in [3.05, 3.63) is 40.6 Å². The third kappa shape index (κ3) is 2.32. The van der Waals surface area contributed by atoms with Crippen LogP contribution >= 0.6 is 0 Å². The van der Waals surface area contributed by atoms with Crippen LogP contribution in [0.2, 0.25) is 0 Å². The first-order valence-electron chi connectivity index (χ1n) is 6.20. The van der Waals surface area contributed by atoms with E-state index >= 15 is 0 Å². The molecule has 1 aromatic heterocycles. The standard InChI is InChI=1S/C15H20N2/c1-5-16-9-13-8-11(3)17-15-12(4)10(2)6-7-14(13)15/h6-8,16H,5,9H2,1-4H3. The zero-order valence-corrected chi connectivity index (χ0v) is 11.1. The Labute approximate surface area is 103 Å². The average Bonchev–Trinajstić information content (AvgIpc) is 2.31. The molecule has 0 amide bonds. The largest absolute Gasteiger partial charge is 0.313 e. The van der Waals surface area contributed by atoms with E-state index < -0.39 is 0 Å². The fourth-order valence-electron chi connectivity index (χ4n) is 2.15. The summed E-state index contributed by atoms with van der Waals surface area (Å²) in [5.74, 6) is 0. The first-order valence-corrected chi connectivity index (χ1v) is 6.20. The van der Waals surface area contributed by atoms with Crippen LogP contribution in [0.4, 0.5) is 0 Å². The quantitative estimate of drug-likeness (QED) is 0.872. The van der Waals surface area contributed by atoms with E-state index in [1.807, 2.05) is 0 Å². The highest BCUT2D eigenvalue weighted by molar-refractivity contribution is 5.86. The Bertz CT molecular complexity index is 544. The topological polar surface area (TPSA) is 24.9 Å². The normalized spacial score (nSPS) is 11.1. The Morgan fingerprint density at radius 1 is 1.18 bits per heavy atom. The summed E-state index contributed by atoms with van der Waals surface area (Å²) in [5.41, 5.74) is 6.20. The molecule has 2 rings (SSSR count). The molecule has 1 aromatic carbocycles. The van der Waals surface area contributed by atoms with E-state index in [1.54, 1.807) is 0 Å². The zero-order valence-electron chi connectivity index (χ0n) is 11.1. The highest BCUT2D eigenvalue weighted by atomic mass is 14.8. The van der Waals surface area contributed by atoms with Gasteiger partial charge in [-0.15, -0.1) is 0 Å². The lowest BCUT2D eigenvalue weighted by Gasteiger charge is -2.11. The van der Waals surface area contributed by atoms with E-state index in [2.05, 4.69) is 56.2 Å². The van der Waals surface area contributed by atoms with Gasteiger partial charge in [0.15, 0.2) is 0 Å². The molecule has 0 aliphatic carbocycles. The molecule has 2 heteroatoms. The van der Waals surface area contributed by atoms with Gasteiger partial charge in [0.25, 0.3) is 0 Å². The van der Waals surface area contributed by atoms with Crippen molar-refractivity contribution in [1.29, 1.82) is 0 Å². The monoisotopic (exact) mass is 228 g/mol. The minimum atomic E-state index is 0.916. The summed E-state index contributed by atoms with van der Waals surface area (Å²) >= 11 is 0. The number of rotatable bonds is 3. The van der Waals surface area contributed by atoms with Gasteiger partial charge in [0, 0.05) is 17.6 Å². The van der Waals surface area contributed by atoms with E-state index in [4.69, 9.17) is 0 Å². The number of aryl methyl sites for hydroxylation is 3. The fraction of sp³-hybridized carbons (Fsp3) is 0.400. The van der Waals surface area contributed by atoms with Gasteiger partial charge < -0.3 is 5.32 Å². The van der Waals surface area contributed by atoms with Crippen LogP contribution in [-0.4, -0.2) is 11.5 Å². The molecule has 2 nitrogen and oxygen atoms in total. The molecule has 0 radical (unpaired) electrons. The Balaban J connectivity index is 2.64. The Morgan fingerprint density at radius 2 is 1.94 bits per heavy atom. The maximum absolute atomic E-state index is 4.68. The number of aromatic nitrogens is 1. The molecule has 0 atom stereocenters. The van der Waals surface area contributed by atoms with Gasteiger partial charge in [-0.2, -0.15) is 0 Å². The Hall–Kier alpha value is -1.41. The van der Waals surface area contributed by atoms with Gasteiger partial charge in [-0.25, -0.2) is 0 Å². The van der Waals surface area contributed by atoms with Crippen LogP contribution < -0.4 is 5.32 Å². The van der Waals surface area contributed by atoms with Gasteiger partial charge in [-0.05, 0) is 50.1 Å². The molecule has 0 fully saturated rings. The maximum Gasteiger partial charge on any atom is 0.0740 e. The van der Waals surface area contributed by atoms with Gasteiger partial charge in [0.05, 0.1) is 5.52 Å². The third-order valence-corrected chi connectivity index (χ3v) is 3.28. The summed E-state index contributed by atoms with van der Waals surface area (Å²) in [6.07, 6.45) is 0. The molecule has 1 heterocycles. The van der Waals surface area contributed by atoms with Gasteiger partial charge >= 0.3 is 0 Å². The summed E-state index contributed by atoms with van der Waals surface area (Å²) in [4.78, 5) is 4.68. The van der Waals surface area contributed by atoms with Gasteiger partial charge in [0.1, 0.15) is 0 Å². The van der Waals surface area contributed by atoms with Crippen molar-refractivity contribution in [3.8, 4) is 0 Å². The fourth-order valence-corrected chi connectivity index (χ4v) is 2.15. The Kier molecular flexibility index (Phi) is 3.43. The van der Waals surface area contributed by atoms with Gasteiger partial charge in [0.2, 0.25) is 0 Å². The molecule has 17 heavy (non-hydrogen) atoms. The lowest BCUT2D eigenvalue weighted by Crippen LogP contribution is -2.12. The van der Waals surface area contributed by atoms with Crippen molar-refractivity contribution in [2.45, 2.75) is 34.2 Å². The number of nitrogens with one attached hydrogen (secondary N) is 1. The molecule has 1 N–H and O–H groups in total. The van der Waals surface area contributed by atoms with Crippen LogP contribution in [0, 0.1) is 20.8 Å². The molecule has 2 aromatic rings. The maximum atomic E-state index is 4.68. The lowest BCUT2D eigenvalue weighted by atomic mass is 10.0. The van der Waals surface area contributed by atoms with Crippen LogP contribution in [0.15, 0.2) is 18.2 Å². The van der Waals surface area contributed by atoms with Gasteiger partial charge in [-0.3, -0.25) is 4.98 Å². The number of hydrogen-bond acceptors (Lipinski definition) is 2. The predicted octanol–water partition coefficient (Wildman–Crippen LogP) is 3.27. The van der Waals surface area contributed by atoms with E-state index in [0.29, 0.717) is 0 Å². The van der Waals surface area contributed by atoms with Crippen LogP contribution in [-0.2, 0) is 6.54 Å². The molecular formula is C15H20N2. The van der Waals surface area contributed by atoms with Crippen LogP contribution in [0.5, 0.6) is 0 Å². The molecule has 0 saturated carbocycles. The number of fused-ring (bicyclic) bond motifs is 1. The van der Waals surface area contributed by atoms with Crippen LogP contribution in [0.3, 0.4) is 0 Å². The average molecular weight is 228 g/mol. The highest BCUT2D eigenvalue weighted by Gasteiger charge is 2.07. The Morgan fingerprint density at radius 3 is 2.65 bits per heavy atom. The summed E-state index contributed by atoms with van der Waals surface area (Å²) in [6.45, 7) is 10.4. The van der Waals surface area contributed by atoms with Crippen molar-refractivity contribution in [3.63, 3.8) is 0 Å². The highest BCUT2D eigenvalue weighted by Crippen LogP contribution is 2.23. The number of benzene rings is 1. The van der Waals surface area contributed by atoms with Crippen molar-refractivity contribution in [2.24, 2.45) is 0 Å². The molecule has 0 spiro atoms. The second-order valence-corrected chi connectivity index (χ2v) is 4.61. The molecule has 0 bridgehead atoms. The minimum absolute atomic E-state index is 0.916. The molecule has 0 aliphatic heterocycles. The van der Waals surface area contributed by atoms with Crippen LogP contribution in [0.1, 0.15) is 29.3 Å². The minimum Gasteiger partial charge on any atom is -0.313 e. The van der Waals surface area contributed by atoms with Gasteiger partial charge in [-0.1, -0.05) is 19.1 Å². The summed E-state index contributed by atoms with van der Waals surface area (Å²) < 4.78 is 0. The zero-order chi connectivity index (χ0) is 12.4. The molecular weight excluding hydrogens is 208 g/mol. The second-order valence-electron chi connectivity index (χ2n) is 4.61. The summed E-state index contributed by atoms with van der Waals surface area (Å²) in [5, 5.41) is 4.67. The molecule has 0 saturated heterocycles. The SMILES string of the molecule is CCNCc1cc(C)nc2c(C)c(C)ccc12. The molecule has 0 aliphatic rings. The summed E-state index contributed by atoms with van der Waals surface area (Å²) in [7, 11) is 0. The van der Waals surface area contributed by atoms with E-state index in [1.165, 1.54) is 22.1 Å². The smallest absolute Gasteiger partial charge is 0.0740 e. The van der Waals surface area contributed by atoms with E-state index in [0.717, 1.165) is 24.3 Å². The number of hydrogen-bond donors (Lipinski definition) is 1. The molecule has 90 valence electrons. The van der Waals surface area contributed by atoms with Crippen molar-refractivity contribution >= 4 is 10.9 Å². The summed E-state index contributed by atoms with van der Waals surface area (Å²) in [6, 6.07) is 6.56. The van der Waals surface area contributed by atoms with Crippen molar-refractivity contribution in [1.82, 2.24) is 10.3 Å². The second kappa shape index (κ2) is 4.84. The number of pyridine rings is 1. The molecule has 0 unspecified atom stereocenters. The lowest BCUT2D eigenvalue weighted by molar-refractivity contribution is 0.729. The number of nitrogens with zero attached hydrogens (tertiary/aromatic N) is 1. The van der Waals surface area contributed by atoms with Crippen molar-refractivity contribution in [2.75, 3.05) is 6.54 Å². The van der Waals surface area contributed by atoms with E-state index in [9.17, 15) is 0 Å². The first-order chi connectivity index (χ1) is 8.13. The first kappa shape index (κ1) is 12.1. The van der Waals surface area contributed by atoms with Crippen LogP contribution in [0.25, 0.3) is 10.9 Å².